The van der Waals surface area contributed by atoms with E-state index in [0.29, 0.717) is 19.3 Å². The fraction of sp³-hybridized carbons (Fsp3) is 0.649. The third kappa shape index (κ3) is 68.0. The molecule has 470 valence electrons. The predicted molar refractivity (Wildman–Crippen MR) is 362 cm³/mol. The van der Waals surface area contributed by atoms with Crippen molar-refractivity contribution in [1.29, 1.82) is 0 Å². The first kappa shape index (κ1) is 78.3. The molecule has 0 bridgehead atoms. The summed E-state index contributed by atoms with van der Waals surface area (Å²) in [7, 11) is 0. The van der Waals surface area contributed by atoms with E-state index in [1.165, 1.54) is 116 Å². The van der Waals surface area contributed by atoms with E-state index < -0.39 is 6.10 Å². The van der Waals surface area contributed by atoms with Crippen molar-refractivity contribution in [3.05, 3.63) is 146 Å². The van der Waals surface area contributed by atoms with Crippen LogP contribution in [0.2, 0.25) is 0 Å². The molecule has 0 saturated heterocycles. The zero-order valence-corrected chi connectivity index (χ0v) is 53.9. The lowest BCUT2D eigenvalue weighted by Gasteiger charge is -2.18. The number of hydrogen-bond acceptors (Lipinski definition) is 6. The van der Waals surface area contributed by atoms with E-state index in [4.69, 9.17) is 14.2 Å². The van der Waals surface area contributed by atoms with E-state index in [2.05, 4.69) is 167 Å². The van der Waals surface area contributed by atoms with Gasteiger partial charge in [0.15, 0.2) is 6.10 Å². The zero-order valence-electron chi connectivity index (χ0n) is 53.9. The van der Waals surface area contributed by atoms with Crippen LogP contribution in [0.5, 0.6) is 0 Å². The predicted octanol–water partition coefficient (Wildman–Crippen LogP) is 23.9. The molecular formula is C77H126O6. The molecule has 0 aromatic rings. The van der Waals surface area contributed by atoms with Gasteiger partial charge in [0.25, 0.3) is 0 Å². The van der Waals surface area contributed by atoms with Gasteiger partial charge in [-0.3, -0.25) is 14.4 Å². The lowest BCUT2D eigenvalue weighted by molar-refractivity contribution is -0.167. The summed E-state index contributed by atoms with van der Waals surface area (Å²) in [6.07, 6.45) is 100. The molecule has 0 radical (unpaired) electrons. The monoisotopic (exact) mass is 1150 g/mol. The van der Waals surface area contributed by atoms with Crippen LogP contribution in [0.1, 0.15) is 303 Å². The van der Waals surface area contributed by atoms with Crippen LogP contribution in [0.25, 0.3) is 0 Å². The second-order valence-electron chi connectivity index (χ2n) is 22.3. The fourth-order valence-electron chi connectivity index (χ4n) is 9.23. The minimum absolute atomic E-state index is 0.0919. The van der Waals surface area contributed by atoms with Gasteiger partial charge >= 0.3 is 17.9 Å². The molecule has 0 N–H and O–H groups in total. The molecule has 0 spiro atoms. The van der Waals surface area contributed by atoms with Crippen LogP contribution in [-0.2, 0) is 28.6 Å². The second kappa shape index (κ2) is 69.8. The van der Waals surface area contributed by atoms with Gasteiger partial charge < -0.3 is 14.2 Å². The van der Waals surface area contributed by atoms with E-state index in [-0.39, 0.29) is 31.1 Å². The molecule has 1 atom stereocenters. The highest BCUT2D eigenvalue weighted by molar-refractivity contribution is 5.71. The molecule has 6 heteroatoms. The smallest absolute Gasteiger partial charge is 0.306 e. The maximum absolute atomic E-state index is 12.9. The van der Waals surface area contributed by atoms with Crippen LogP contribution in [-0.4, -0.2) is 37.2 Å². The first-order valence-corrected chi connectivity index (χ1v) is 34.3. The Hall–Kier alpha value is -4.71. The van der Waals surface area contributed by atoms with Crippen LogP contribution >= 0.6 is 0 Å². The summed E-state index contributed by atoms with van der Waals surface area (Å²) in [6.45, 7) is 6.40. The van der Waals surface area contributed by atoms with Crippen molar-refractivity contribution >= 4 is 17.9 Å². The Morgan fingerprint density at radius 2 is 0.470 bits per heavy atom. The van der Waals surface area contributed by atoms with Gasteiger partial charge in [0.1, 0.15) is 13.2 Å². The Morgan fingerprint density at radius 1 is 0.253 bits per heavy atom. The van der Waals surface area contributed by atoms with Crippen molar-refractivity contribution in [2.45, 2.75) is 309 Å². The SMILES string of the molecule is CC/C=C\C/C=C\C/C=C\C/C=C\C/C=C\C/C=C\C/C=C\C/C=C\CCCCCCCCCCC(=O)OCC(COC(=O)CCCCCCC/C=C\CCCCCCCC)OC(=O)CCCCCCCCC/C=C\C/C=C\C/C=C\CC. The molecule has 0 saturated carbocycles. The highest BCUT2D eigenvalue weighted by atomic mass is 16.6. The van der Waals surface area contributed by atoms with Crippen LogP contribution < -0.4 is 0 Å². The van der Waals surface area contributed by atoms with Gasteiger partial charge in [0.05, 0.1) is 0 Å². The van der Waals surface area contributed by atoms with Gasteiger partial charge in [-0.1, -0.05) is 289 Å². The van der Waals surface area contributed by atoms with Crippen LogP contribution in [0.3, 0.4) is 0 Å². The van der Waals surface area contributed by atoms with Crippen molar-refractivity contribution in [2.75, 3.05) is 13.2 Å². The lowest BCUT2D eigenvalue weighted by atomic mass is 10.1. The molecule has 0 aliphatic heterocycles. The quantitative estimate of drug-likeness (QED) is 0.0261. The van der Waals surface area contributed by atoms with Crippen LogP contribution in [0, 0.1) is 0 Å². The maximum atomic E-state index is 12.9. The molecule has 0 aromatic carbocycles. The molecule has 0 aliphatic rings. The van der Waals surface area contributed by atoms with Gasteiger partial charge in [-0.05, 0) is 141 Å². The van der Waals surface area contributed by atoms with Crippen molar-refractivity contribution < 1.29 is 28.6 Å². The number of carbonyl (C=O) groups excluding carboxylic acids is 3. The van der Waals surface area contributed by atoms with Crippen molar-refractivity contribution in [3.8, 4) is 0 Å². The van der Waals surface area contributed by atoms with Crippen molar-refractivity contribution in [1.82, 2.24) is 0 Å². The Balaban J connectivity index is 4.33. The summed E-state index contributed by atoms with van der Waals surface area (Å²) >= 11 is 0. The molecule has 1 unspecified atom stereocenters. The van der Waals surface area contributed by atoms with E-state index in [9.17, 15) is 14.4 Å². The molecule has 0 rings (SSSR count). The number of esters is 3. The third-order valence-electron chi connectivity index (χ3n) is 14.3. The molecule has 0 fully saturated rings. The first-order valence-electron chi connectivity index (χ1n) is 34.3. The minimum Gasteiger partial charge on any atom is -0.462 e. The maximum Gasteiger partial charge on any atom is 0.306 e. The van der Waals surface area contributed by atoms with Gasteiger partial charge in [-0.25, -0.2) is 0 Å². The number of ether oxygens (including phenoxy) is 3. The summed E-state index contributed by atoms with van der Waals surface area (Å²) in [5, 5.41) is 0. The van der Waals surface area contributed by atoms with Gasteiger partial charge in [0.2, 0.25) is 0 Å². The molecule has 0 aromatic heterocycles. The number of allylic oxidation sites excluding steroid dienone is 24. The molecular weight excluding hydrogens is 1020 g/mol. The van der Waals surface area contributed by atoms with E-state index in [1.54, 1.807) is 0 Å². The minimum atomic E-state index is -0.797. The number of rotatable bonds is 61. The van der Waals surface area contributed by atoms with Gasteiger partial charge in [-0.15, -0.1) is 0 Å². The highest BCUT2D eigenvalue weighted by Crippen LogP contribution is 2.15. The Bertz CT molecular complexity index is 1800. The Morgan fingerprint density at radius 3 is 0.747 bits per heavy atom. The normalized spacial score (nSPS) is 13.0. The van der Waals surface area contributed by atoms with Crippen molar-refractivity contribution in [2.24, 2.45) is 0 Å². The standard InChI is InChI=1S/C77H126O6/c1-4-7-10-13-16-19-22-25-28-30-31-32-33-34-35-36-37-38-39-40-41-42-43-44-45-47-49-52-55-58-61-64-67-70-76(79)82-73-74(72-81-75(78)69-66-63-60-57-54-51-48-27-24-21-18-15-12-9-6-3)83-77(80)71-68-65-62-59-56-53-50-46-29-26-23-20-17-14-11-8-5-2/h7-8,10-11,16-17,19-20,25-29,31-32,34-35,37-38,40-41,43-44,48,74H,4-6,9,12-15,18,21-24,30,33,36,39,42,45-47,49-73H2,1-3H3/b10-7-,11-8-,19-16-,20-17-,28-25-,29-26-,32-31-,35-34-,38-37-,41-40-,44-43-,48-27-. The zero-order chi connectivity index (χ0) is 59.9. The van der Waals surface area contributed by atoms with Gasteiger partial charge in [-0.2, -0.15) is 0 Å². The summed E-state index contributed by atoms with van der Waals surface area (Å²) < 4.78 is 16.9. The van der Waals surface area contributed by atoms with E-state index in [0.717, 1.165) is 148 Å². The number of hydrogen-bond donors (Lipinski definition) is 0. The van der Waals surface area contributed by atoms with E-state index in [1.807, 2.05) is 0 Å². The summed E-state index contributed by atoms with van der Waals surface area (Å²) in [5.74, 6) is -0.914. The summed E-state index contributed by atoms with van der Waals surface area (Å²) in [6, 6.07) is 0. The van der Waals surface area contributed by atoms with Crippen LogP contribution in [0.15, 0.2) is 146 Å². The Kier molecular flexibility index (Phi) is 65.8. The number of carbonyl (C=O) groups is 3. The van der Waals surface area contributed by atoms with E-state index >= 15 is 0 Å². The largest absolute Gasteiger partial charge is 0.462 e. The molecule has 0 amide bonds. The topological polar surface area (TPSA) is 78.9 Å². The lowest BCUT2D eigenvalue weighted by Crippen LogP contribution is -2.30. The summed E-state index contributed by atoms with van der Waals surface area (Å²) in [5.41, 5.74) is 0. The average Bonchev–Trinajstić information content (AvgIpc) is 3.49. The first-order chi connectivity index (χ1) is 41.0. The Labute approximate surface area is 512 Å². The average molecular weight is 1150 g/mol. The molecule has 0 heterocycles. The third-order valence-corrected chi connectivity index (χ3v) is 14.3. The molecule has 0 aliphatic carbocycles. The molecule has 83 heavy (non-hydrogen) atoms. The summed E-state index contributed by atoms with van der Waals surface area (Å²) in [4.78, 5) is 38.4. The molecule has 6 nitrogen and oxygen atoms in total. The van der Waals surface area contributed by atoms with Crippen molar-refractivity contribution in [3.63, 3.8) is 0 Å². The number of unbranched alkanes of at least 4 members (excludes halogenated alkanes) is 26. The van der Waals surface area contributed by atoms with Gasteiger partial charge in [0, 0.05) is 19.3 Å². The second-order valence-corrected chi connectivity index (χ2v) is 22.3. The highest BCUT2D eigenvalue weighted by Gasteiger charge is 2.19. The van der Waals surface area contributed by atoms with Crippen LogP contribution in [0.4, 0.5) is 0 Å². The fourth-order valence-corrected chi connectivity index (χ4v) is 9.23.